The smallest absolute Gasteiger partial charge is 0.121 e. The fourth-order valence-electron chi connectivity index (χ4n) is 10.0. The van der Waals surface area contributed by atoms with Gasteiger partial charge in [0.25, 0.3) is 0 Å². The van der Waals surface area contributed by atoms with Gasteiger partial charge in [-0.05, 0) is 132 Å². The summed E-state index contributed by atoms with van der Waals surface area (Å²) < 4.78 is 57.2. The van der Waals surface area contributed by atoms with Crippen molar-refractivity contribution in [2.45, 2.75) is 79.4 Å². The van der Waals surface area contributed by atoms with Crippen molar-refractivity contribution in [2.75, 3.05) is 0 Å². The van der Waals surface area contributed by atoms with E-state index in [9.17, 15) is 0 Å². The number of imidazole rings is 1. The molecule has 1 radical (unpaired) electrons. The van der Waals surface area contributed by atoms with E-state index in [0.29, 0.717) is 33.6 Å². The number of nitrogens with zero attached hydrogens (tertiary/aromatic N) is 3. The van der Waals surface area contributed by atoms with Gasteiger partial charge in [-0.3, -0.25) is 4.98 Å². The number of aromatic nitrogens is 3. The van der Waals surface area contributed by atoms with Crippen molar-refractivity contribution in [3.63, 3.8) is 0 Å². The van der Waals surface area contributed by atoms with Crippen LogP contribution in [0.4, 0.5) is 0 Å². The number of hydrogen-bond acceptors (Lipinski definition) is 3. The van der Waals surface area contributed by atoms with Crippen molar-refractivity contribution in [3.8, 4) is 50.6 Å². The Balaban J connectivity index is 0.000000284. The van der Waals surface area contributed by atoms with Crippen molar-refractivity contribution in [1.29, 1.82) is 0 Å². The molecule has 4 nitrogen and oxygen atoms in total. The summed E-state index contributed by atoms with van der Waals surface area (Å²) in [6.07, 6.45) is 1.78. The van der Waals surface area contributed by atoms with Gasteiger partial charge in [0.05, 0.1) is 22.4 Å². The second-order valence-electron chi connectivity index (χ2n) is 20.4. The standard InChI is InChI=1S/C52H41N2O.C16H18N.Ir/c1-31(2)43-28-39(36-23-21-35(22-24-36)34-14-7-6-8-15-34)29-44(32(3)4)50(43)54-49-33(5)13-11-20-47(49)53-52(54)42-19-12-18-41-46-27-38-26-25-37-16-9-10-17-40(37)45(38)30-48(46)55-51(41)42;1-12-5-7-13(8-6-12)15-11-14(9-10-17-15)16(2,3)4;/h6-18,20-32H,1-5H3;5-7,9-11H,1-4H3;/q2*-1;/i5D3;1D3;. The average Bonchev–Trinajstić information content (AvgIpc) is 3.78. The second kappa shape index (κ2) is 19.9. The van der Waals surface area contributed by atoms with Crippen LogP contribution in [0.3, 0.4) is 0 Å². The molecular formula is C68H59IrN3O-2. The normalized spacial score (nSPS) is 13.3. The van der Waals surface area contributed by atoms with E-state index in [1.165, 1.54) is 33.5 Å². The molecule has 0 spiro atoms. The van der Waals surface area contributed by atoms with Crippen LogP contribution in [0, 0.1) is 25.8 Å². The maximum absolute atomic E-state index is 8.73. The Morgan fingerprint density at radius 1 is 0.603 bits per heavy atom. The molecular weight excluding hydrogens is 1070 g/mol. The van der Waals surface area contributed by atoms with E-state index in [-0.39, 0.29) is 42.9 Å². The second-order valence-corrected chi connectivity index (χ2v) is 20.4. The first-order valence-electron chi connectivity index (χ1n) is 27.8. The molecule has 0 N–H and O–H groups in total. The van der Waals surface area contributed by atoms with Gasteiger partial charge in [0.2, 0.25) is 0 Å². The molecule has 0 fully saturated rings. The number of benzene rings is 9. The first-order chi connectivity index (χ1) is 37.2. The first kappa shape index (κ1) is 42.1. The molecule has 73 heavy (non-hydrogen) atoms. The Morgan fingerprint density at radius 2 is 1.32 bits per heavy atom. The van der Waals surface area contributed by atoms with E-state index in [0.717, 1.165) is 66.3 Å². The fourth-order valence-corrected chi connectivity index (χ4v) is 10.0. The summed E-state index contributed by atoms with van der Waals surface area (Å²) in [5.74, 6) is 0.777. The predicted octanol–water partition coefficient (Wildman–Crippen LogP) is 18.7. The zero-order chi connectivity index (χ0) is 54.8. The van der Waals surface area contributed by atoms with Crippen LogP contribution in [0.15, 0.2) is 187 Å². The van der Waals surface area contributed by atoms with Gasteiger partial charge in [-0.25, -0.2) is 0 Å². The van der Waals surface area contributed by atoms with Gasteiger partial charge in [-0.2, -0.15) is 0 Å². The minimum absolute atomic E-state index is 0. The Morgan fingerprint density at radius 3 is 2.01 bits per heavy atom. The van der Waals surface area contributed by atoms with Crippen molar-refractivity contribution in [1.82, 2.24) is 14.5 Å². The minimum Gasteiger partial charge on any atom is -0.501 e. The topological polar surface area (TPSA) is 43.9 Å². The van der Waals surface area contributed by atoms with Crippen LogP contribution in [-0.2, 0) is 25.5 Å². The maximum Gasteiger partial charge on any atom is 0.121 e. The third-order valence-corrected chi connectivity index (χ3v) is 13.9. The molecule has 5 heteroatoms. The third kappa shape index (κ3) is 9.33. The Labute approximate surface area is 451 Å². The van der Waals surface area contributed by atoms with E-state index < -0.39 is 13.7 Å². The van der Waals surface area contributed by atoms with E-state index in [1.807, 2.05) is 30.3 Å². The van der Waals surface area contributed by atoms with Gasteiger partial charge in [0.15, 0.2) is 0 Å². The van der Waals surface area contributed by atoms with Crippen LogP contribution in [0.25, 0.3) is 105 Å². The maximum atomic E-state index is 8.73. The van der Waals surface area contributed by atoms with Crippen molar-refractivity contribution < 1.29 is 32.7 Å². The Hall–Kier alpha value is -7.43. The van der Waals surface area contributed by atoms with Crippen LogP contribution in [0.1, 0.15) is 96.3 Å². The molecule has 3 aromatic heterocycles. The van der Waals surface area contributed by atoms with Crippen LogP contribution < -0.4 is 0 Å². The zero-order valence-corrected chi connectivity index (χ0v) is 44.5. The summed E-state index contributed by atoms with van der Waals surface area (Å²) in [6.45, 7) is 10.8. The summed E-state index contributed by atoms with van der Waals surface area (Å²) >= 11 is 0. The SMILES string of the molecule is [2H]C([2H])([2H])c1c[c-]c(-c2cc(C(C)(C)C)ccn2)cc1.[2H]C([2H])([2H])c1cccc2nc(-c3[c-]ccc4c3oc3cc5c(ccc6ccccc65)cc34)n(-c3c(C(C)C)cc(-c4ccc(-c5ccccc5)cc4)cc3C(C)C)c12.[Ir]. The zero-order valence-electron chi connectivity index (χ0n) is 48.1. The quantitative estimate of drug-likeness (QED) is 0.118. The van der Waals surface area contributed by atoms with Gasteiger partial charge in [0.1, 0.15) is 5.58 Å². The third-order valence-electron chi connectivity index (χ3n) is 13.9. The minimum atomic E-state index is -2.39. The average molecular weight is 1130 g/mol. The summed E-state index contributed by atoms with van der Waals surface area (Å²) in [5, 5.41) is 6.57. The number of pyridine rings is 1. The van der Waals surface area contributed by atoms with E-state index in [2.05, 4.69) is 185 Å². The molecule has 0 saturated carbocycles. The number of rotatable bonds is 7. The molecule has 12 aromatic rings. The van der Waals surface area contributed by atoms with Crippen molar-refractivity contribution >= 4 is 54.5 Å². The van der Waals surface area contributed by atoms with Crippen molar-refractivity contribution in [2.24, 2.45) is 0 Å². The Kier molecular flexibility index (Phi) is 11.5. The Bertz CT molecular complexity index is 4180. The molecule has 0 bridgehead atoms. The van der Waals surface area contributed by atoms with Crippen LogP contribution in [0.2, 0.25) is 0 Å². The molecule has 0 aliphatic carbocycles. The van der Waals surface area contributed by atoms with Crippen LogP contribution in [0.5, 0.6) is 0 Å². The van der Waals surface area contributed by atoms with E-state index in [4.69, 9.17) is 17.6 Å². The number of furan rings is 1. The molecule has 0 aliphatic heterocycles. The molecule has 0 aliphatic rings. The molecule has 363 valence electrons. The van der Waals surface area contributed by atoms with Gasteiger partial charge in [-0.15, -0.1) is 53.6 Å². The van der Waals surface area contributed by atoms with Crippen LogP contribution in [-0.4, -0.2) is 14.5 Å². The molecule has 9 aromatic carbocycles. The summed E-state index contributed by atoms with van der Waals surface area (Å²) in [7, 11) is 0. The molecule has 0 saturated heterocycles. The van der Waals surface area contributed by atoms with E-state index >= 15 is 0 Å². The van der Waals surface area contributed by atoms with Gasteiger partial charge < -0.3 is 14.0 Å². The summed E-state index contributed by atoms with van der Waals surface area (Å²) in [4.78, 5) is 9.63. The molecule has 0 amide bonds. The first-order valence-corrected chi connectivity index (χ1v) is 24.8. The van der Waals surface area contributed by atoms with Crippen molar-refractivity contribution in [3.05, 3.63) is 222 Å². The molecule has 12 rings (SSSR count). The number of fused-ring (bicyclic) bond motifs is 7. The molecule has 3 heterocycles. The number of aryl methyl sites for hydroxylation is 2. The van der Waals surface area contributed by atoms with Crippen LogP contribution >= 0.6 is 0 Å². The van der Waals surface area contributed by atoms with Gasteiger partial charge in [0, 0.05) is 45.6 Å². The molecule has 0 atom stereocenters. The fraction of sp³-hybridized carbons (Fsp3) is 0.176. The summed E-state index contributed by atoms with van der Waals surface area (Å²) in [5.41, 5.74) is 14.4. The summed E-state index contributed by atoms with van der Waals surface area (Å²) in [6, 6.07) is 65.7. The number of para-hydroxylation sites is 1. The molecule has 0 unspecified atom stereocenters. The van der Waals surface area contributed by atoms with Gasteiger partial charge >= 0.3 is 0 Å². The monoisotopic (exact) mass is 1130 g/mol. The predicted molar refractivity (Wildman–Crippen MR) is 303 cm³/mol. The van der Waals surface area contributed by atoms with Gasteiger partial charge in [-0.1, -0.05) is 175 Å². The van der Waals surface area contributed by atoms with E-state index in [1.54, 1.807) is 30.5 Å². The number of hydrogen-bond donors (Lipinski definition) is 0. The largest absolute Gasteiger partial charge is 0.501 e.